The Morgan fingerprint density at radius 3 is 2.43 bits per heavy atom. The molecule has 0 saturated carbocycles. The van der Waals surface area contributed by atoms with Crippen molar-refractivity contribution in [3.8, 4) is 10.4 Å². The zero-order valence-corrected chi connectivity index (χ0v) is 21.6. The Bertz CT molecular complexity index is 1060. The molecule has 0 spiro atoms. The van der Waals surface area contributed by atoms with E-state index in [0.29, 0.717) is 5.69 Å². The van der Waals surface area contributed by atoms with Gasteiger partial charge in [0.25, 0.3) is 0 Å². The van der Waals surface area contributed by atoms with Crippen molar-refractivity contribution in [3.05, 3.63) is 41.0 Å². The van der Waals surface area contributed by atoms with Gasteiger partial charge in [-0.15, -0.1) is 11.3 Å². The molecule has 2 aromatic rings. The Morgan fingerprint density at radius 2 is 1.86 bits per heavy atom. The summed E-state index contributed by atoms with van der Waals surface area (Å²) in [6, 6.07) is 5.66. The molecule has 3 amide bonds. The molecule has 4 atom stereocenters. The number of carbonyl (C=O) groups excluding carboxylic acids is 3. The highest BCUT2D eigenvalue weighted by Crippen LogP contribution is 2.30. The fourth-order valence-electron chi connectivity index (χ4n) is 4.26. The first kappa shape index (κ1) is 26.8. The lowest BCUT2D eigenvalue weighted by atomic mass is 9.85. The summed E-state index contributed by atoms with van der Waals surface area (Å²) in [5.41, 5.74) is 3.55. The van der Waals surface area contributed by atoms with Crippen molar-refractivity contribution in [2.75, 3.05) is 6.54 Å². The van der Waals surface area contributed by atoms with E-state index < -0.39 is 23.6 Å². The monoisotopic (exact) mass is 502 g/mol. The topological polar surface area (TPSA) is 132 Å². The summed E-state index contributed by atoms with van der Waals surface area (Å²) < 4.78 is 0. The molecule has 4 N–H and O–H groups in total. The van der Waals surface area contributed by atoms with Crippen LogP contribution >= 0.6 is 11.3 Å². The predicted molar refractivity (Wildman–Crippen MR) is 133 cm³/mol. The SMILES string of the molecule is CC(=O)NC(C(=O)N1CC(O)CC1C(=O)NC(C)c1ccc(-c2scnc2CO)cc1)C(C)(C)C. The Balaban J connectivity index is 1.72. The van der Waals surface area contributed by atoms with Crippen LogP contribution < -0.4 is 10.6 Å². The number of aromatic nitrogens is 1. The van der Waals surface area contributed by atoms with Crippen molar-refractivity contribution >= 4 is 29.1 Å². The molecule has 4 unspecified atom stereocenters. The second-order valence-electron chi connectivity index (χ2n) is 10.0. The number of amides is 3. The van der Waals surface area contributed by atoms with E-state index in [1.54, 1.807) is 5.51 Å². The van der Waals surface area contributed by atoms with Gasteiger partial charge in [0.1, 0.15) is 12.1 Å². The fraction of sp³-hybridized carbons (Fsp3) is 0.520. The number of aliphatic hydroxyl groups excluding tert-OH is 2. The number of carbonyl (C=O) groups is 3. The van der Waals surface area contributed by atoms with Crippen LogP contribution in [-0.4, -0.2) is 62.6 Å². The smallest absolute Gasteiger partial charge is 0.246 e. The average Bonchev–Trinajstić information content (AvgIpc) is 3.42. The fourth-order valence-corrected chi connectivity index (χ4v) is 5.07. The molecule has 190 valence electrons. The van der Waals surface area contributed by atoms with Gasteiger partial charge in [-0.05, 0) is 23.5 Å². The highest BCUT2D eigenvalue weighted by atomic mass is 32.1. The van der Waals surface area contributed by atoms with E-state index in [2.05, 4.69) is 15.6 Å². The summed E-state index contributed by atoms with van der Waals surface area (Å²) in [4.78, 5) is 44.7. The third-order valence-corrected chi connectivity index (χ3v) is 7.07. The molecule has 0 radical (unpaired) electrons. The molecule has 1 aliphatic rings. The van der Waals surface area contributed by atoms with Gasteiger partial charge in [-0.2, -0.15) is 0 Å². The number of β-amino-alcohol motifs (C(OH)–C–C–N with tert-alkyl or cyclic N) is 1. The van der Waals surface area contributed by atoms with E-state index in [4.69, 9.17) is 0 Å². The van der Waals surface area contributed by atoms with E-state index in [1.807, 2.05) is 52.0 Å². The molecule has 1 aromatic heterocycles. The van der Waals surface area contributed by atoms with Crippen molar-refractivity contribution < 1.29 is 24.6 Å². The van der Waals surface area contributed by atoms with Crippen molar-refractivity contribution in [2.45, 2.75) is 71.9 Å². The molecule has 35 heavy (non-hydrogen) atoms. The maximum absolute atomic E-state index is 13.3. The summed E-state index contributed by atoms with van der Waals surface area (Å²) in [7, 11) is 0. The largest absolute Gasteiger partial charge is 0.391 e. The number of hydrogen-bond acceptors (Lipinski definition) is 7. The van der Waals surface area contributed by atoms with Gasteiger partial charge >= 0.3 is 0 Å². The third kappa shape index (κ3) is 6.25. The third-order valence-electron chi connectivity index (χ3n) is 6.15. The quantitative estimate of drug-likeness (QED) is 0.458. The van der Waals surface area contributed by atoms with Crippen molar-refractivity contribution in [3.63, 3.8) is 0 Å². The molecule has 2 heterocycles. The Hall–Kier alpha value is -2.82. The number of rotatable bonds is 7. The summed E-state index contributed by atoms with van der Waals surface area (Å²) >= 11 is 1.45. The van der Waals surface area contributed by atoms with Gasteiger partial charge in [-0.1, -0.05) is 45.0 Å². The van der Waals surface area contributed by atoms with Crippen molar-refractivity contribution in [1.29, 1.82) is 0 Å². The molecule has 3 rings (SSSR count). The predicted octanol–water partition coefficient (Wildman–Crippen LogP) is 1.99. The van der Waals surface area contributed by atoms with Gasteiger partial charge in [-0.25, -0.2) is 4.98 Å². The second-order valence-corrected chi connectivity index (χ2v) is 10.9. The Kier molecular flexibility index (Phi) is 8.30. The van der Waals surface area contributed by atoms with Gasteiger partial charge in [0, 0.05) is 19.9 Å². The minimum Gasteiger partial charge on any atom is -0.391 e. The highest BCUT2D eigenvalue weighted by molar-refractivity contribution is 7.13. The van der Waals surface area contributed by atoms with Gasteiger partial charge in [-0.3, -0.25) is 14.4 Å². The van der Waals surface area contributed by atoms with Crippen LogP contribution in [0.2, 0.25) is 0 Å². The number of hydrogen-bond donors (Lipinski definition) is 4. The lowest BCUT2D eigenvalue weighted by molar-refractivity contribution is -0.144. The van der Waals surface area contributed by atoms with E-state index in [-0.39, 0.29) is 43.3 Å². The summed E-state index contributed by atoms with van der Waals surface area (Å²) in [6.45, 7) is 8.63. The molecular formula is C25H34N4O5S. The van der Waals surface area contributed by atoms with Gasteiger partial charge < -0.3 is 25.7 Å². The maximum Gasteiger partial charge on any atom is 0.246 e. The van der Waals surface area contributed by atoms with Crippen molar-refractivity contribution in [1.82, 2.24) is 20.5 Å². The number of aliphatic hydroxyl groups is 2. The number of nitrogens with one attached hydrogen (secondary N) is 2. The van der Waals surface area contributed by atoms with Crippen molar-refractivity contribution in [2.24, 2.45) is 5.41 Å². The standard InChI is InChI=1S/C25H34N4O5S/c1-14(16-6-8-17(9-7-16)21-19(12-30)26-13-35-21)27-23(33)20-10-18(32)11-29(20)24(34)22(25(3,4)5)28-15(2)31/h6-9,13-14,18,20,22,30,32H,10-12H2,1-5H3,(H,27,33)(H,28,31). The first-order chi connectivity index (χ1) is 16.4. The zero-order chi connectivity index (χ0) is 25.9. The van der Waals surface area contributed by atoms with Crippen LogP contribution in [0.4, 0.5) is 0 Å². The van der Waals surface area contributed by atoms with Crippen LogP contribution in [0.15, 0.2) is 29.8 Å². The normalized spacial score (nSPS) is 19.8. The summed E-state index contributed by atoms with van der Waals surface area (Å²) in [6.07, 6.45) is -0.683. The average molecular weight is 503 g/mol. The molecular weight excluding hydrogens is 468 g/mol. The Labute approximate surface area is 209 Å². The molecule has 1 saturated heterocycles. The van der Waals surface area contributed by atoms with Gasteiger partial charge in [0.05, 0.1) is 34.8 Å². The molecule has 1 fully saturated rings. The van der Waals surface area contributed by atoms with Gasteiger partial charge in [0.2, 0.25) is 17.7 Å². The maximum atomic E-state index is 13.3. The van der Waals surface area contributed by atoms with Crippen LogP contribution in [0.1, 0.15) is 58.3 Å². The molecule has 10 heteroatoms. The molecule has 9 nitrogen and oxygen atoms in total. The van der Waals surface area contributed by atoms with Crippen LogP contribution in [0.5, 0.6) is 0 Å². The lowest BCUT2D eigenvalue weighted by Gasteiger charge is -2.35. The first-order valence-corrected chi connectivity index (χ1v) is 12.5. The summed E-state index contributed by atoms with van der Waals surface area (Å²) in [5, 5.41) is 25.4. The highest BCUT2D eigenvalue weighted by Gasteiger charge is 2.44. The number of thiazole rings is 1. The molecule has 1 aliphatic heterocycles. The molecule has 0 aliphatic carbocycles. The summed E-state index contributed by atoms with van der Waals surface area (Å²) in [5.74, 6) is -1.07. The van der Waals surface area contributed by atoms with Crippen LogP contribution in [0.3, 0.4) is 0 Å². The van der Waals surface area contributed by atoms with Crippen LogP contribution in [0.25, 0.3) is 10.4 Å². The molecule has 0 bridgehead atoms. The van der Waals surface area contributed by atoms with Crippen LogP contribution in [0, 0.1) is 5.41 Å². The minimum absolute atomic E-state index is 0.0359. The zero-order valence-electron chi connectivity index (χ0n) is 20.7. The first-order valence-electron chi connectivity index (χ1n) is 11.6. The van der Waals surface area contributed by atoms with Crippen LogP contribution in [-0.2, 0) is 21.0 Å². The number of nitrogens with zero attached hydrogens (tertiary/aromatic N) is 2. The van der Waals surface area contributed by atoms with E-state index in [9.17, 15) is 24.6 Å². The number of benzene rings is 1. The van der Waals surface area contributed by atoms with E-state index in [0.717, 1.165) is 16.0 Å². The van der Waals surface area contributed by atoms with E-state index >= 15 is 0 Å². The molecule has 1 aromatic carbocycles. The van der Waals surface area contributed by atoms with Gasteiger partial charge in [0.15, 0.2) is 0 Å². The Morgan fingerprint density at radius 1 is 1.20 bits per heavy atom. The van der Waals surface area contributed by atoms with E-state index in [1.165, 1.54) is 23.2 Å². The lowest BCUT2D eigenvalue weighted by Crippen LogP contribution is -2.57. The minimum atomic E-state index is -0.831. The number of likely N-dealkylation sites (tertiary alicyclic amines) is 1. The second kappa shape index (κ2) is 10.8.